The number of Topliss-reactive ketones (excluding diaryl/α,β-unsaturated/α-hetero) is 1. The molecule has 3 rings (SSSR count). The first-order valence-corrected chi connectivity index (χ1v) is 7.81. The van der Waals surface area contributed by atoms with Gasteiger partial charge in [-0.3, -0.25) is 4.79 Å². The van der Waals surface area contributed by atoms with E-state index in [0.29, 0.717) is 24.4 Å². The highest BCUT2D eigenvalue weighted by Gasteiger charge is 2.50. The molecular weight excluding hydrogens is 304 g/mol. The monoisotopic (exact) mass is 325 g/mol. The predicted octanol–water partition coefficient (Wildman–Crippen LogP) is 2.99. The normalized spacial score (nSPS) is 28.0. The van der Waals surface area contributed by atoms with E-state index in [4.69, 9.17) is 4.74 Å². The third kappa shape index (κ3) is 2.80. The topological polar surface area (TPSA) is 38.8 Å². The molecule has 2 fully saturated rings. The first-order chi connectivity index (χ1) is 11.0. The van der Waals surface area contributed by atoms with Gasteiger partial charge >= 0.3 is 6.61 Å². The lowest BCUT2D eigenvalue weighted by Gasteiger charge is -2.41. The van der Waals surface area contributed by atoms with Crippen LogP contribution in [0.15, 0.2) is 18.2 Å². The summed E-state index contributed by atoms with van der Waals surface area (Å²) in [5, 5.41) is 0. The van der Waals surface area contributed by atoms with E-state index in [9.17, 15) is 13.6 Å². The SMILES string of the molecule is COc1cc([C@@]23CCC(=O)C[C@@H]2N(C)CC3)ccc1OC(F)F. The Bertz CT molecular complexity index is 608. The molecule has 2 aliphatic rings. The van der Waals surface area contributed by atoms with Gasteiger partial charge in [-0.2, -0.15) is 8.78 Å². The van der Waals surface area contributed by atoms with E-state index in [1.54, 1.807) is 12.1 Å². The maximum atomic E-state index is 12.5. The predicted molar refractivity (Wildman–Crippen MR) is 81.2 cm³/mol. The summed E-state index contributed by atoms with van der Waals surface area (Å²) in [6, 6.07) is 5.33. The Kier molecular flexibility index (Phi) is 4.27. The summed E-state index contributed by atoms with van der Waals surface area (Å²) in [5.41, 5.74) is 0.928. The Labute approximate surface area is 134 Å². The Balaban J connectivity index is 1.98. The number of carbonyl (C=O) groups excluding carboxylic acids is 1. The van der Waals surface area contributed by atoms with Gasteiger partial charge in [0.25, 0.3) is 0 Å². The number of rotatable bonds is 4. The Morgan fingerprint density at radius 3 is 2.78 bits per heavy atom. The minimum absolute atomic E-state index is 0.0393. The molecule has 1 aromatic carbocycles. The van der Waals surface area contributed by atoms with Gasteiger partial charge in [0.05, 0.1) is 7.11 Å². The average molecular weight is 325 g/mol. The standard InChI is InChI=1S/C17H21F2NO3/c1-20-8-7-17(6-5-12(21)10-15(17)20)11-3-4-13(23-16(18)19)14(9-11)22-2/h3-4,9,15-16H,5-8,10H2,1-2H3/t15-,17-/m0/s1. The van der Waals surface area contributed by atoms with E-state index in [2.05, 4.69) is 9.64 Å². The summed E-state index contributed by atoms with van der Waals surface area (Å²) in [4.78, 5) is 14.1. The van der Waals surface area contributed by atoms with Crippen LogP contribution >= 0.6 is 0 Å². The molecule has 0 unspecified atom stereocenters. The fourth-order valence-electron chi connectivity index (χ4n) is 4.09. The van der Waals surface area contributed by atoms with Crippen LogP contribution in [-0.2, 0) is 10.2 Å². The zero-order valence-corrected chi connectivity index (χ0v) is 13.4. The second-order valence-electron chi connectivity index (χ2n) is 6.39. The molecule has 4 nitrogen and oxygen atoms in total. The van der Waals surface area contributed by atoms with E-state index in [1.807, 2.05) is 13.1 Å². The molecule has 2 atom stereocenters. The van der Waals surface area contributed by atoms with Crippen molar-refractivity contribution < 1.29 is 23.0 Å². The summed E-state index contributed by atoms with van der Waals surface area (Å²) in [6.45, 7) is -1.96. The fraction of sp³-hybridized carbons (Fsp3) is 0.588. The van der Waals surface area contributed by atoms with Gasteiger partial charge in [-0.15, -0.1) is 0 Å². The van der Waals surface area contributed by atoms with Crippen molar-refractivity contribution in [2.45, 2.75) is 43.8 Å². The number of hydrogen-bond donors (Lipinski definition) is 0. The first-order valence-electron chi connectivity index (χ1n) is 7.81. The fourth-order valence-corrected chi connectivity index (χ4v) is 4.09. The van der Waals surface area contributed by atoms with E-state index >= 15 is 0 Å². The maximum absolute atomic E-state index is 12.5. The van der Waals surface area contributed by atoms with Gasteiger partial charge in [-0.1, -0.05) is 6.07 Å². The largest absolute Gasteiger partial charge is 0.493 e. The molecule has 0 spiro atoms. The van der Waals surface area contributed by atoms with Crippen molar-refractivity contribution in [1.29, 1.82) is 0 Å². The molecule has 0 aromatic heterocycles. The number of methoxy groups -OCH3 is 1. The minimum Gasteiger partial charge on any atom is -0.493 e. The lowest BCUT2D eigenvalue weighted by atomic mass is 9.66. The maximum Gasteiger partial charge on any atom is 0.387 e. The molecule has 126 valence electrons. The molecule has 6 heteroatoms. The molecule has 1 saturated heterocycles. The van der Waals surface area contributed by atoms with Crippen LogP contribution in [0, 0.1) is 0 Å². The number of fused-ring (bicyclic) bond motifs is 1. The summed E-state index contributed by atoms with van der Waals surface area (Å²) < 4.78 is 34.7. The van der Waals surface area contributed by atoms with E-state index in [-0.39, 0.29) is 17.2 Å². The Morgan fingerprint density at radius 1 is 1.30 bits per heavy atom. The van der Waals surface area contributed by atoms with Crippen molar-refractivity contribution in [2.24, 2.45) is 0 Å². The summed E-state index contributed by atoms with van der Waals surface area (Å²) in [7, 11) is 3.48. The summed E-state index contributed by atoms with van der Waals surface area (Å²) in [5.74, 6) is 0.642. The van der Waals surface area contributed by atoms with Gasteiger partial charge < -0.3 is 14.4 Å². The molecule has 0 bridgehead atoms. The number of hydrogen-bond acceptors (Lipinski definition) is 4. The number of alkyl halides is 2. The smallest absolute Gasteiger partial charge is 0.387 e. The number of halogens is 2. The van der Waals surface area contributed by atoms with Crippen LogP contribution in [0.3, 0.4) is 0 Å². The van der Waals surface area contributed by atoms with Gasteiger partial charge in [-0.05, 0) is 44.1 Å². The third-order valence-electron chi connectivity index (χ3n) is 5.31. The van der Waals surface area contributed by atoms with Gasteiger partial charge in [0.1, 0.15) is 5.78 Å². The summed E-state index contributed by atoms with van der Waals surface area (Å²) in [6.07, 6.45) is 2.87. The molecular formula is C17H21F2NO3. The van der Waals surface area contributed by atoms with Gasteiger partial charge in [0, 0.05) is 24.3 Å². The highest BCUT2D eigenvalue weighted by Crippen LogP contribution is 2.49. The van der Waals surface area contributed by atoms with Crippen molar-refractivity contribution in [3.63, 3.8) is 0 Å². The van der Waals surface area contributed by atoms with E-state index in [1.165, 1.54) is 7.11 Å². The highest BCUT2D eigenvalue weighted by atomic mass is 19.3. The molecule has 1 aromatic rings. The average Bonchev–Trinajstić information content (AvgIpc) is 2.85. The molecule has 0 radical (unpaired) electrons. The quantitative estimate of drug-likeness (QED) is 0.853. The van der Waals surface area contributed by atoms with E-state index in [0.717, 1.165) is 24.9 Å². The van der Waals surface area contributed by atoms with Crippen LogP contribution in [0.2, 0.25) is 0 Å². The third-order valence-corrected chi connectivity index (χ3v) is 5.31. The van der Waals surface area contributed by atoms with Crippen LogP contribution in [0.1, 0.15) is 31.2 Å². The number of ether oxygens (including phenoxy) is 2. The van der Waals surface area contributed by atoms with Gasteiger partial charge in [0.2, 0.25) is 0 Å². The number of benzene rings is 1. The molecule has 1 saturated carbocycles. The number of nitrogens with zero attached hydrogens (tertiary/aromatic N) is 1. The second-order valence-corrected chi connectivity index (χ2v) is 6.39. The van der Waals surface area contributed by atoms with Gasteiger partial charge in [-0.25, -0.2) is 0 Å². The van der Waals surface area contributed by atoms with Crippen LogP contribution in [-0.4, -0.2) is 44.0 Å². The Hall–Kier alpha value is -1.69. The van der Waals surface area contributed by atoms with Crippen LogP contribution < -0.4 is 9.47 Å². The van der Waals surface area contributed by atoms with Crippen molar-refractivity contribution in [2.75, 3.05) is 20.7 Å². The van der Waals surface area contributed by atoms with Crippen molar-refractivity contribution in [1.82, 2.24) is 4.90 Å². The lowest BCUT2D eigenvalue weighted by Crippen LogP contribution is -2.46. The number of ketones is 1. The zero-order valence-electron chi connectivity index (χ0n) is 13.4. The van der Waals surface area contributed by atoms with Gasteiger partial charge in [0.15, 0.2) is 11.5 Å². The highest BCUT2D eigenvalue weighted by molar-refractivity contribution is 5.81. The van der Waals surface area contributed by atoms with Crippen molar-refractivity contribution in [3.8, 4) is 11.5 Å². The minimum atomic E-state index is -2.88. The molecule has 23 heavy (non-hydrogen) atoms. The van der Waals surface area contributed by atoms with E-state index < -0.39 is 6.61 Å². The number of likely N-dealkylation sites (N-methyl/N-ethyl adjacent to an activating group) is 1. The summed E-state index contributed by atoms with van der Waals surface area (Å²) >= 11 is 0. The lowest BCUT2D eigenvalue weighted by molar-refractivity contribution is -0.122. The van der Waals surface area contributed by atoms with Crippen LogP contribution in [0.4, 0.5) is 8.78 Å². The molecule has 0 N–H and O–H groups in total. The number of carbonyl (C=O) groups is 1. The first kappa shape index (κ1) is 16.2. The Morgan fingerprint density at radius 2 is 2.09 bits per heavy atom. The second kappa shape index (κ2) is 6.07. The van der Waals surface area contributed by atoms with Crippen molar-refractivity contribution >= 4 is 5.78 Å². The van der Waals surface area contributed by atoms with Crippen molar-refractivity contribution in [3.05, 3.63) is 23.8 Å². The molecule has 1 heterocycles. The molecule has 1 aliphatic carbocycles. The van der Waals surface area contributed by atoms with Crippen LogP contribution in [0.25, 0.3) is 0 Å². The number of likely N-dealkylation sites (tertiary alicyclic amines) is 1. The zero-order chi connectivity index (χ0) is 16.6. The molecule has 1 aliphatic heterocycles. The molecule has 0 amide bonds. The van der Waals surface area contributed by atoms with Crippen LogP contribution in [0.5, 0.6) is 11.5 Å².